The molecule has 3 N–H and O–H groups in total. The van der Waals surface area contributed by atoms with Gasteiger partial charge in [-0.3, -0.25) is 4.79 Å². The number of benzene rings is 1. The molecule has 98 valence electrons. The first-order chi connectivity index (χ1) is 8.44. The molecule has 0 radical (unpaired) electrons. The molecule has 0 heterocycles. The summed E-state index contributed by atoms with van der Waals surface area (Å²) in [7, 11) is 0. The number of hydrogen-bond acceptors (Lipinski definition) is 2. The van der Waals surface area contributed by atoms with Gasteiger partial charge in [0, 0.05) is 17.3 Å². The Hall–Kier alpha value is -1.22. The molecule has 1 aromatic rings. The second kappa shape index (κ2) is 4.81. The molecule has 0 bridgehead atoms. The summed E-state index contributed by atoms with van der Waals surface area (Å²) in [5.41, 5.74) is 7.02. The van der Waals surface area contributed by atoms with Gasteiger partial charge in [-0.05, 0) is 42.4 Å². The van der Waals surface area contributed by atoms with E-state index < -0.39 is 0 Å². The minimum absolute atomic E-state index is 0.115. The fraction of sp³-hybridized carbons (Fsp3) is 0.500. The molecule has 0 saturated heterocycles. The number of carbonyl (C=O) groups is 1. The van der Waals surface area contributed by atoms with E-state index in [1.54, 1.807) is 18.2 Å². The zero-order chi connectivity index (χ0) is 13.3. The number of amides is 1. The standard InChI is InChI=1S/C14H19ClN2O/c1-9(2)14(5-6-14)8-17-13(18)11-4-3-10(15)7-12(11)16/h3-4,7,9H,5-6,8,16H2,1-2H3,(H,17,18). The lowest BCUT2D eigenvalue weighted by Gasteiger charge is -2.20. The van der Waals surface area contributed by atoms with Crippen molar-refractivity contribution in [3.8, 4) is 0 Å². The Bertz CT molecular complexity index is 467. The molecular formula is C14H19ClN2O. The van der Waals surface area contributed by atoms with E-state index in [0.29, 0.717) is 27.6 Å². The quantitative estimate of drug-likeness (QED) is 0.823. The highest BCUT2D eigenvalue weighted by Crippen LogP contribution is 2.51. The summed E-state index contributed by atoms with van der Waals surface area (Å²) in [4.78, 5) is 12.0. The topological polar surface area (TPSA) is 55.1 Å². The van der Waals surface area contributed by atoms with Crippen molar-refractivity contribution >= 4 is 23.2 Å². The van der Waals surface area contributed by atoms with Crippen molar-refractivity contribution in [2.24, 2.45) is 11.3 Å². The van der Waals surface area contributed by atoms with Gasteiger partial charge in [-0.2, -0.15) is 0 Å². The maximum absolute atomic E-state index is 12.0. The second-order valence-electron chi connectivity index (χ2n) is 5.43. The van der Waals surface area contributed by atoms with Crippen LogP contribution < -0.4 is 11.1 Å². The smallest absolute Gasteiger partial charge is 0.253 e. The van der Waals surface area contributed by atoms with E-state index in [0.717, 1.165) is 6.54 Å². The van der Waals surface area contributed by atoms with Gasteiger partial charge >= 0.3 is 0 Å². The number of hydrogen-bond donors (Lipinski definition) is 2. The average Bonchev–Trinajstić information content (AvgIpc) is 3.07. The summed E-state index contributed by atoms with van der Waals surface area (Å²) < 4.78 is 0. The van der Waals surface area contributed by atoms with Crippen LogP contribution in [0.5, 0.6) is 0 Å². The summed E-state index contributed by atoms with van der Waals surface area (Å²) in [6.45, 7) is 5.14. The summed E-state index contributed by atoms with van der Waals surface area (Å²) in [5, 5.41) is 3.53. The van der Waals surface area contributed by atoms with Crippen molar-refractivity contribution in [2.75, 3.05) is 12.3 Å². The summed E-state index contributed by atoms with van der Waals surface area (Å²) in [6, 6.07) is 4.95. The Labute approximate surface area is 113 Å². The van der Waals surface area contributed by atoms with Crippen LogP contribution in [0.2, 0.25) is 5.02 Å². The normalized spacial score (nSPS) is 16.7. The van der Waals surface area contributed by atoms with Crippen LogP contribution in [0.3, 0.4) is 0 Å². The number of nitrogen functional groups attached to an aromatic ring is 1. The summed E-state index contributed by atoms with van der Waals surface area (Å²) in [6.07, 6.45) is 2.39. The molecule has 0 atom stereocenters. The van der Waals surface area contributed by atoms with Crippen molar-refractivity contribution in [3.63, 3.8) is 0 Å². The first-order valence-corrected chi connectivity index (χ1v) is 6.66. The van der Waals surface area contributed by atoms with Crippen molar-refractivity contribution < 1.29 is 4.79 Å². The highest BCUT2D eigenvalue weighted by molar-refractivity contribution is 6.31. The van der Waals surface area contributed by atoms with Crippen LogP contribution in [0, 0.1) is 11.3 Å². The molecule has 0 aliphatic heterocycles. The van der Waals surface area contributed by atoms with Crippen molar-refractivity contribution in [1.29, 1.82) is 0 Å². The Morgan fingerprint density at radius 2 is 2.17 bits per heavy atom. The molecule has 1 saturated carbocycles. The van der Waals surface area contributed by atoms with E-state index in [9.17, 15) is 4.79 Å². The Kier molecular flexibility index (Phi) is 3.53. The van der Waals surface area contributed by atoms with Crippen LogP contribution in [-0.4, -0.2) is 12.5 Å². The van der Waals surface area contributed by atoms with Gasteiger partial charge in [0.15, 0.2) is 0 Å². The molecule has 1 aliphatic carbocycles. The second-order valence-corrected chi connectivity index (χ2v) is 5.87. The highest BCUT2D eigenvalue weighted by Gasteiger charge is 2.45. The Balaban J connectivity index is 2.00. The van der Waals surface area contributed by atoms with Crippen LogP contribution in [0.15, 0.2) is 18.2 Å². The largest absolute Gasteiger partial charge is 0.398 e. The molecular weight excluding hydrogens is 248 g/mol. The van der Waals surface area contributed by atoms with E-state index in [-0.39, 0.29) is 5.91 Å². The lowest BCUT2D eigenvalue weighted by Crippen LogP contribution is -2.32. The molecule has 3 nitrogen and oxygen atoms in total. The van der Waals surface area contributed by atoms with E-state index in [4.69, 9.17) is 17.3 Å². The van der Waals surface area contributed by atoms with Gasteiger partial charge in [-0.15, -0.1) is 0 Å². The monoisotopic (exact) mass is 266 g/mol. The molecule has 1 fully saturated rings. The number of anilines is 1. The first-order valence-electron chi connectivity index (χ1n) is 6.28. The molecule has 18 heavy (non-hydrogen) atoms. The van der Waals surface area contributed by atoms with Crippen LogP contribution in [0.4, 0.5) is 5.69 Å². The molecule has 1 aliphatic rings. The van der Waals surface area contributed by atoms with Gasteiger partial charge in [0.2, 0.25) is 0 Å². The molecule has 0 spiro atoms. The average molecular weight is 267 g/mol. The molecule has 2 rings (SSSR count). The van der Waals surface area contributed by atoms with Gasteiger partial charge < -0.3 is 11.1 Å². The van der Waals surface area contributed by atoms with Crippen LogP contribution in [-0.2, 0) is 0 Å². The fourth-order valence-corrected chi connectivity index (χ4v) is 2.39. The van der Waals surface area contributed by atoms with Gasteiger partial charge in [-0.25, -0.2) is 0 Å². The minimum atomic E-state index is -0.115. The summed E-state index contributed by atoms with van der Waals surface area (Å²) >= 11 is 5.81. The maximum atomic E-state index is 12.0. The van der Waals surface area contributed by atoms with E-state index in [1.165, 1.54) is 12.8 Å². The fourth-order valence-electron chi connectivity index (χ4n) is 2.21. The molecule has 0 aromatic heterocycles. The third kappa shape index (κ3) is 2.61. The molecule has 1 aromatic carbocycles. The van der Waals surface area contributed by atoms with Gasteiger partial charge in [0.1, 0.15) is 0 Å². The van der Waals surface area contributed by atoms with Gasteiger partial charge in [-0.1, -0.05) is 25.4 Å². The number of nitrogens with two attached hydrogens (primary N) is 1. The zero-order valence-electron chi connectivity index (χ0n) is 10.8. The van der Waals surface area contributed by atoms with Gasteiger partial charge in [0.05, 0.1) is 5.56 Å². The van der Waals surface area contributed by atoms with Crippen LogP contribution in [0.25, 0.3) is 0 Å². The first kappa shape index (κ1) is 13.2. The Morgan fingerprint density at radius 3 is 2.67 bits per heavy atom. The van der Waals surface area contributed by atoms with Gasteiger partial charge in [0.25, 0.3) is 5.91 Å². The van der Waals surface area contributed by atoms with Crippen LogP contribution >= 0.6 is 11.6 Å². The third-order valence-electron chi connectivity index (χ3n) is 3.98. The van der Waals surface area contributed by atoms with Crippen molar-refractivity contribution in [2.45, 2.75) is 26.7 Å². The van der Waals surface area contributed by atoms with E-state index in [1.807, 2.05) is 0 Å². The number of nitrogens with one attached hydrogen (secondary N) is 1. The number of rotatable bonds is 4. The lowest BCUT2D eigenvalue weighted by molar-refractivity contribution is 0.0940. The van der Waals surface area contributed by atoms with Crippen LogP contribution in [0.1, 0.15) is 37.0 Å². The lowest BCUT2D eigenvalue weighted by atomic mass is 9.92. The number of halogens is 1. The molecule has 1 amide bonds. The number of carbonyl (C=O) groups excluding carboxylic acids is 1. The maximum Gasteiger partial charge on any atom is 0.253 e. The molecule has 0 unspecified atom stereocenters. The highest BCUT2D eigenvalue weighted by atomic mass is 35.5. The van der Waals surface area contributed by atoms with Crippen molar-refractivity contribution in [1.82, 2.24) is 5.32 Å². The third-order valence-corrected chi connectivity index (χ3v) is 4.21. The predicted octanol–water partition coefficient (Wildman–Crippen LogP) is 3.09. The zero-order valence-corrected chi connectivity index (χ0v) is 11.6. The SMILES string of the molecule is CC(C)C1(CNC(=O)c2ccc(Cl)cc2N)CC1. The molecule has 4 heteroatoms. The summed E-state index contributed by atoms with van der Waals surface area (Å²) in [5.74, 6) is 0.483. The Morgan fingerprint density at radius 1 is 1.50 bits per heavy atom. The van der Waals surface area contributed by atoms with Crippen molar-refractivity contribution in [3.05, 3.63) is 28.8 Å². The minimum Gasteiger partial charge on any atom is -0.398 e. The van der Waals surface area contributed by atoms with E-state index >= 15 is 0 Å². The van der Waals surface area contributed by atoms with E-state index in [2.05, 4.69) is 19.2 Å². The predicted molar refractivity (Wildman–Crippen MR) is 74.7 cm³/mol.